The zero-order chi connectivity index (χ0) is 14.8. The summed E-state index contributed by atoms with van der Waals surface area (Å²) in [5.74, 6) is 2.40. The van der Waals surface area contributed by atoms with Crippen LogP contribution in [0.4, 0.5) is 0 Å². The molecule has 1 radical (unpaired) electrons. The van der Waals surface area contributed by atoms with Crippen molar-refractivity contribution in [2.75, 3.05) is 0 Å². The van der Waals surface area contributed by atoms with Gasteiger partial charge in [0, 0.05) is 16.7 Å². The minimum atomic E-state index is 0.754. The third kappa shape index (κ3) is 2.35. The lowest BCUT2D eigenvalue weighted by Crippen LogP contribution is -1.96. The molecule has 2 nitrogen and oxygen atoms in total. The van der Waals surface area contributed by atoms with Crippen LogP contribution in [0.1, 0.15) is 16.7 Å². The second-order valence-corrected chi connectivity index (χ2v) is 5.02. The van der Waals surface area contributed by atoms with Crippen molar-refractivity contribution in [2.45, 2.75) is 0 Å². The van der Waals surface area contributed by atoms with E-state index in [2.05, 4.69) is 6.08 Å². The van der Waals surface area contributed by atoms with Crippen molar-refractivity contribution in [3.63, 3.8) is 0 Å². The van der Waals surface area contributed by atoms with Crippen LogP contribution in [0, 0.1) is 6.08 Å². The van der Waals surface area contributed by atoms with Crippen LogP contribution >= 0.6 is 0 Å². The molecule has 4 rings (SSSR count). The van der Waals surface area contributed by atoms with Crippen LogP contribution in [0.15, 0.2) is 67.0 Å². The summed E-state index contributed by atoms with van der Waals surface area (Å²) >= 11 is 0. The molecule has 0 spiro atoms. The minimum Gasteiger partial charge on any atom is -0.464 e. The Morgan fingerprint density at radius 1 is 0.864 bits per heavy atom. The maximum atomic E-state index is 6.04. The van der Waals surface area contributed by atoms with E-state index in [1.807, 2.05) is 72.8 Å². The Bertz CT molecular complexity index is 839. The fraction of sp³-hybridized carbons (Fsp3) is 0. The van der Waals surface area contributed by atoms with Crippen LogP contribution in [0.2, 0.25) is 0 Å². The summed E-state index contributed by atoms with van der Waals surface area (Å²) in [6, 6.07) is 14.0. The molecule has 2 aliphatic rings. The topological polar surface area (TPSA) is 18.5 Å². The van der Waals surface area contributed by atoms with E-state index in [-0.39, 0.29) is 0 Å². The summed E-state index contributed by atoms with van der Waals surface area (Å²) in [6.07, 6.45) is 14.5. The van der Waals surface area contributed by atoms with Gasteiger partial charge in [0.1, 0.15) is 17.3 Å². The maximum absolute atomic E-state index is 6.04. The molecular formula is C20H13O2. The summed E-state index contributed by atoms with van der Waals surface area (Å²) in [4.78, 5) is 0. The lowest BCUT2D eigenvalue weighted by atomic mass is 10.1. The van der Waals surface area contributed by atoms with E-state index >= 15 is 0 Å². The second-order valence-electron chi connectivity index (χ2n) is 5.02. The Kier molecular flexibility index (Phi) is 3.13. The normalized spacial score (nSPS) is 14.8. The van der Waals surface area contributed by atoms with Crippen LogP contribution < -0.4 is 9.47 Å². The molecule has 0 N–H and O–H groups in total. The van der Waals surface area contributed by atoms with Gasteiger partial charge < -0.3 is 9.47 Å². The van der Waals surface area contributed by atoms with Crippen LogP contribution in [-0.4, -0.2) is 0 Å². The van der Waals surface area contributed by atoms with Gasteiger partial charge in [0.15, 0.2) is 0 Å². The molecule has 2 aromatic rings. The Morgan fingerprint density at radius 2 is 1.82 bits per heavy atom. The van der Waals surface area contributed by atoms with Gasteiger partial charge in [-0.2, -0.15) is 0 Å². The number of rotatable bonds is 1. The summed E-state index contributed by atoms with van der Waals surface area (Å²) in [5, 5.41) is 0. The molecule has 0 aliphatic carbocycles. The summed E-state index contributed by atoms with van der Waals surface area (Å²) in [5.41, 5.74) is 3.02. The SMILES string of the molecule is [C]1=Cc2ccccc2OC(c2ccc3c(c2)OC=CC=C3)=C1. The van der Waals surface area contributed by atoms with E-state index in [9.17, 15) is 0 Å². The highest BCUT2D eigenvalue weighted by Gasteiger charge is 2.12. The number of hydrogen-bond acceptors (Lipinski definition) is 2. The number of fused-ring (bicyclic) bond motifs is 2. The van der Waals surface area contributed by atoms with Gasteiger partial charge in [-0.25, -0.2) is 0 Å². The van der Waals surface area contributed by atoms with Gasteiger partial charge in [0.25, 0.3) is 0 Å². The fourth-order valence-corrected chi connectivity index (χ4v) is 2.43. The van der Waals surface area contributed by atoms with Crippen LogP contribution in [-0.2, 0) is 0 Å². The highest BCUT2D eigenvalue weighted by atomic mass is 16.5. The van der Waals surface area contributed by atoms with Gasteiger partial charge in [0.05, 0.1) is 6.26 Å². The van der Waals surface area contributed by atoms with E-state index < -0.39 is 0 Å². The third-order valence-electron chi connectivity index (χ3n) is 3.55. The molecule has 0 saturated carbocycles. The molecular weight excluding hydrogens is 272 g/mol. The molecule has 0 aromatic heterocycles. The first-order valence-corrected chi connectivity index (χ1v) is 7.11. The zero-order valence-corrected chi connectivity index (χ0v) is 11.8. The van der Waals surface area contributed by atoms with Gasteiger partial charge in [-0.3, -0.25) is 0 Å². The van der Waals surface area contributed by atoms with Crippen molar-refractivity contribution in [1.82, 2.24) is 0 Å². The van der Waals surface area contributed by atoms with Crippen molar-refractivity contribution in [1.29, 1.82) is 0 Å². The molecule has 0 amide bonds. The van der Waals surface area contributed by atoms with Gasteiger partial charge in [-0.15, -0.1) is 0 Å². The van der Waals surface area contributed by atoms with Crippen molar-refractivity contribution in [3.05, 3.63) is 89.7 Å². The largest absolute Gasteiger partial charge is 0.464 e. The van der Waals surface area contributed by atoms with Crippen LogP contribution in [0.3, 0.4) is 0 Å². The summed E-state index contributed by atoms with van der Waals surface area (Å²) < 4.78 is 11.7. The first-order valence-electron chi connectivity index (χ1n) is 7.11. The predicted octanol–water partition coefficient (Wildman–Crippen LogP) is 4.86. The monoisotopic (exact) mass is 285 g/mol. The van der Waals surface area contributed by atoms with Crippen molar-refractivity contribution >= 4 is 17.9 Å². The first-order chi connectivity index (χ1) is 10.9. The minimum absolute atomic E-state index is 0.754. The number of benzene rings is 2. The molecule has 0 atom stereocenters. The van der Waals surface area contributed by atoms with Crippen molar-refractivity contribution < 1.29 is 9.47 Å². The Hall–Kier alpha value is -3.00. The van der Waals surface area contributed by atoms with Gasteiger partial charge in [-0.1, -0.05) is 42.5 Å². The van der Waals surface area contributed by atoms with Crippen LogP contribution in [0.25, 0.3) is 17.9 Å². The molecule has 0 fully saturated rings. The van der Waals surface area contributed by atoms with Gasteiger partial charge in [-0.05, 0) is 36.4 Å². The highest BCUT2D eigenvalue weighted by Crippen LogP contribution is 2.31. The Labute approximate surface area is 129 Å². The van der Waals surface area contributed by atoms with E-state index in [1.165, 1.54) is 0 Å². The Balaban J connectivity index is 1.73. The quantitative estimate of drug-likeness (QED) is 0.745. The maximum Gasteiger partial charge on any atom is 0.135 e. The van der Waals surface area contributed by atoms with Gasteiger partial charge >= 0.3 is 0 Å². The molecule has 2 aliphatic heterocycles. The predicted molar refractivity (Wildman–Crippen MR) is 88.0 cm³/mol. The third-order valence-corrected chi connectivity index (χ3v) is 3.55. The smallest absolute Gasteiger partial charge is 0.135 e. The highest BCUT2D eigenvalue weighted by molar-refractivity contribution is 5.72. The first kappa shape index (κ1) is 12.7. The molecule has 22 heavy (non-hydrogen) atoms. The standard InChI is InChI=1S/C20H13O2/c1-2-9-18-15(6-1)8-5-10-19(22-18)17-12-11-16-7-3-4-13-21-20(16)14-17/h1-4,6-14H. The van der Waals surface area contributed by atoms with E-state index in [4.69, 9.17) is 9.47 Å². The Morgan fingerprint density at radius 3 is 2.82 bits per heavy atom. The van der Waals surface area contributed by atoms with Gasteiger partial charge in [0.2, 0.25) is 0 Å². The van der Waals surface area contributed by atoms with E-state index in [1.54, 1.807) is 6.26 Å². The van der Waals surface area contributed by atoms with Crippen LogP contribution in [0.5, 0.6) is 11.5 Å². The van der Waals surface area contributed by atoms with E-state index in [0.717, 1.165) is 33.9 Å². The molecule has 2 heterocycles. The molecule has 2 heteroatoms. The molecule has 0 unspecified atom stereocenters. The molecule has 0 saturated heterocycles. The number of ether oxygens (including phenoxy) is 2. The summed E-state index contributed by atoms with van der Waals surface area (Å²) in [6.45, 7) is 0. The molecule has 105 valence electrons. The molecule has 0 bridgehead atoms. The fourth-order valence-electron chi connectivity index (χ4n) is 2.43. The lowest BCUT2D eigenvalue weighted by Gasteiger charge is -2.12. The zero-order valence-electron chi connectivity index (χ0n) is 11.8. The average Bonchev–Trinajstić information content (AvgIpc) is 2.92. The van der Waals surface area contributed by atoms with Crippen molar-refractivity contribution in [3.8, 4) is 11.5 Å². The van der Waals surface area contributed by atoms with E-state index in [0.29, 0.717) is 0 Å². The summed E-state index contributed by atoms with van der Waals surface area (Å²) in [7, 11) is 0. The lowest BCUT2D eigenvalue weighted by molar-refractivity contribution is 0.479. The molecule has 2 aromatic carbocycles. The van der Waals surface area contributed by atoms with Crippen molar-refractivity contribution in [2.24, 2.45) is 0 Å². The second kappa shape index (κ2) is 5.41. The number of para-hydroxylation sites is 1. The number of allylic oxidation sites excluding steroid dienone is 4. The average molecular weight is 285 g/mol. The number of hydrogen-bond donors (Lipinski definition) is 0.